The van der Waals surface area contributed by atoms with Crippen LogP contribution in [0.15, 0.2) is 6.07 Å². The third kappa shape index (κ3) is 3.25. The highest BCUT2D eigenvalue weighted by atomic mass is 19.4. The molecule has 1 saturated heterocycles. The zero-order valence-electron chi connectivity index (χ0n) is 10.3. The van der Waals surface area contributed by atoms with E-state index < -0.39 is 11.9 Å². The number of halogens is 3. The minimum atomic E-state index is -4.48. The van der Waals surface area contributed by atoms with Gasteiger partial charge in [0, 0.05) is 32.2 Å². The van der Waals surface area contributed by atoms with Crippen molar-refractivity contribution in [2.45, 2.75) is 19.0 Å². The number of ether oxygens (including phenoxy) is 1. The van der Waals surface area contributed by atoms with E-state index in [0.29, 0.717) is 30.7 Å². The number of amides is 1. The summed E-state index contributed by atoms with van der Waals surface area (Å²) in [5.41, 5.74) is -0.894. The minimum absolute atomic E-state index is 0.0775. The number of aromatic nitrogens is 2. The summed E-state index contributed by atoms with van der Waals surface area (Å²) in [5, 5.41) is 6.06. The Hall–Kier alpha value is -1.57. The Balaban J connectivity index is 2.05. The average Bonchev–Trinajstić information content (AvgIpc) is 2.71. The van der Waals surface area contributed by atoms with Crippen LogP contribution in [0.25, 0.3) is 0 Å². The predicted octanol–water partition coefficient (Wildman–Crippen LogP) is 1.80. The van der Waals surface area contributed by atoms with E-state index in [0.717, 1.165) is 6.07 Å². The lowest BCUT2D eigenvalue weighted by molar-refractivity contribution is -0.143. The first-order chi connectivity index (χ1) is 8.88. The van der Waals surface area contributed by atoms with Crippen LogP contribution in [0.2, 0.25) is 0 Å². The molecule has 8 heteroatoms. The van der Waals surface area contributed by atoms with Gasteiger partial charge in [-0.15, -0.1) is 0 Å². The van der Waals surface area contributed by atoms with Crippen LogP contribution in [-0.4, -0.2) is 28.9 Å². The molecule has 0 atom stereocenters. The summed E-state index contributed by atoms with van der Waals surface area (Å²) in [5.74, 6) is -0.619. The lowest BCUT2D eigenvalue weighted by Gasteiger charge is -2.20. The number of nitrogens with zero attached hydrogens (tertiary/aromatic N) is 2. The molecule has 0 aromatic carbocycles. The van der Waals surface area contributed by atoms with E-state index in [1.165, 1.54) is 7.05 Å². The summed E-state index contributed by atoms with van der Waals surface area (Å²) in [6.45, 7) is 0.988. The van der Waals surface area contributed by atoms with Gasteiger partial charge in [-0.3, -0.25) is 9.48 Å². The van der Waals surface area contributed by atoms with E-state index in [1.807, 2.05) is 0 Å². The Morgan fingerprint density at radius 3 is 2.63 bits per heavy atom. The highest BCUT2D eigenvalue weighted by Crippen LogP contribution is 2.30. The first-order valence-electron chi connectivity index (χ1n) is 5.88. The molecule has 0 aliphatic carbocycles. The Morgan fingerprint density at radius 1 is 1.47 bits per heavy atom. The number of hydrogen-bond acceptors (Lipinski definition) is 3. The molecule has 1 N–H and O–H groups in total. The van der Waals surface area contributed by atoms with Crippen molar-refractivity contribution in [3.63, 3.8) is 0 Å². The van der Waals surface area contributed by atoms with Gasteiger partial charge in [-0.05, 0) is 12.8 Å². The van der Waals surface area contributed by atoms with Gasteiger partial charge in [0.05, 0.1) is 0 Å². The van der Waals surface area contributed by atoms with Gasteiger partial charge in [-0.2, -0.15) is 18.3 Å². The second-order valence-electron chi connectivity index (χ2n) is 4.41. The standard InChI is InChI=1S/C11H14F3N3O2/c1-17-8(11(12,13)14)6-9(16-17)15-10(18)7-2-4-19-5-3-7/h6-7H,2-5H2,1H3,(H,15,16,18). The van der Waals surface area contributed by atoms with Crippen LogP contribution in [0.5, 0.6) is 0 Å². The predicted molar refractivity (Wildman–Crippen MR) is 60.4 cm³/mol. The van der Waals surface area contributed by atoms with Crippen LogP contribution in [0.3, 0.4) is 0 Å². The fourth-order valence-electron chi connectivity index (χ4n) is 1.98. The topological polar surface area (TPSA) is 56.2 Å². The summed E-state index contributed by atoms with van der Waals surface area (Å²) in [4.78, 5) is 11.8. The molecule has 2 heterocycles. The third-order valence-corrected chi connectivity index (χ3v) is 3.01. The lowest BCUT2D eigenvalue weighted by Crippen LogP contribution is -2.28. The molecule has 106 valence electrons. The average molecular weight is 277 g/mol. The maximum absolute atomic E-state index is 12.6. The van der Waals surface area contributed by atoms with Crippen molar-refractivity contribution in [2.75, 3.05) is 18.5 Å². The number of anilines is 1. The molecule has 0 spiro atoms. The van der Waals surface area contributed by atoms with Crippen molar-refractivity contribution < 1.29 is 22.7 Å². The van der Waals surface area contributed by atoms with Gasteiger partial charge < -0.3 is 10.1 Å². The van der Waals surface area contributed by atoms with Crippen molar-refractivity contribution in [1.82, 2.24) is 9.78 Å². The molecule has 1 aromatic rings. The van der Waals surface area contributed by atoms with Gasteiger partial charge in [0.1, 0.15) is 5.69 Å². The van der Waals surface area contributed by atoms with E-state index in [1.54, 1.807) is 0 Å². The molecule has 0 saturated carbocycles. The Bertz CT molecular complexity index is 464. The SMILES string of the molecule is Cn1nc(NC(=O)C2CCOCC2)cc1C(F)(F)F. The van der Waals surface area contributed by atoms with Gasteiger partial charge in [-0.1, -0.05) is 0 Å². The van der Waals surface area contributed by atoms with E-state index in [9.17, 15) is 18.0 Å². The molecular weight excluding hydrogens is 263 g/mol. The van der Waals surface area contributed by atoms with Gasteiger partial charge in [-0.25, -0.2) is 0 Å². The van der Waals surface area contributed by atoms with Gasteiger partial charge in [0.2, 0.25) is 5.91 Å². The van der Waals surface area contributed by atoms with E-state index >= 15 is 0 Å². The highest BCUT2D eigenvalue weighted by Gasteiger charge is 2.35. The Kier molecular flexibility index (Phi) is 3.79. The molecular formula is C11H14F3N3O2. The van der Waals surface area contributed by atoms with Crippen molar-refractivity contribution in [1.29, 1.82) is 0 Å². The largest absolute Gasteiger partial charge is 0.433 e. The first kappa shape index (κ1) is 13.9. The van der Waals surface area contributed by atoms with Gasteiger partial charge in [0.15, 0.2) is 5.82 Å². The molecule has 1 aliphatic rings. The maximum Gasteiger partial charge on any atom is 0.433 e. The molecule has 5 nitrogen and oxygen atoms in total. The Morgan fingerprint density at radius 2 is 2.11 bits per heavy atom. The number of carbonyl (C=O) groups excluding carboxylic acids is 1. The molecule has 19 heavy (non-hydrogen) atoms. The molecule has 0 unspecified atom stereocenters. The molecule has 1 fully saturated rings. The maximum atomic E-state index is 12.6. The van der Waals surface area contributed by atoms with Crippen LogP contribution in [0.1, 0.15) is 18.5 Å². The third-order valence-electron chi connectivity index (χ3n) is 3.01. The quantitative estimate of drug-likeness (QED) is 0.897. The van der Waals surface area contributed by atoms with Crippen LogP contribution in [-0.2, 0) is 22.8 Å². The summed E-state index contributed by atoms with van der Waals surface area (Å²) in [6, 6.07) is 0.831. The smallest absolute Gasteiger partial charge is 0.381 e. The van der Waals surface area contributed by atoms with Crippen molar-refractivity contribution >= 4 is 11.7 Å². The first-order valence-corrected chi connectivity index (χ1v) is 5.88. The van der Waals surface area contributed by atoms with Crippen molar-refractivity contribution in [3.8, 4) is 0 Å². The van der Waals surface area contributed by atoms with Crippen LogP contribution in [0.4, 0.5) is 19.0 Å². The van der Waals surface area contributed by atoms with Crippen molar-refractivity contribution in [2.24, 2.45) is 13.0 Å². The minimum Gasteiger partial charge on any atom is -0.381 e. The summed E-state index contributed by atoms with van der Waals surface area (Å²) in [7, 11) is 1.19. The van der Waals surface area contributed by atoms with Crippen LogP contribution >= 0.6 is 0 Å². The zero-order chi connectivity index (χ0) is 14.0. The zero-order valence-corrected chi connectivity index (χ0v) is 10.3. The second kappa shape index (κ2) is 5.20. The molecule has 2 rings (SSSR count). The molecule has 1 aliphatic heterocycles. The number of rotatable bonds is 2. The summed E-state index contributed by atoms with van der Waals surface area (Å²) >= 11 is 0. The number of hydrogen-bond donors (Lipinski definition) is 1. The monoisotopic (exact) mass is 277 g/mol. The molecule has 0 radical (unpaired) electrons. The fraction of sp³-hybridized carbons (Fsp3) is 0.636. The molecule has 1 amide bonds. The second-order valence-corrected chi connectivity index (χ2v) is 4.41. The van der Waals surface area contributed by atoms with E-state index in [2.05, 4.69) is 10.4 Å². The number of carbonyl (C=O) groups is 1. The Labute approximate surface area is 107 Å². The van der Waals surface area contributed by atoms with Gasteiger partial charge in [0.25, 0.3) is 0 Å². The summed E-state index contributed by atoms with van der Waals surface area (Å²) in [6.07, 6.45) is -3.33. The van der Waals surface area contributed by atoms with Crippen LogP contribution < -0.4 is 5.32 Å². The number of nitrogens with one attached hydrogen (secondary N) is 1. The summed E-state index contributed by atoms with van der Waals surface area (Å²) < 4.78 is 43.5. The normalized spacial score (nSPS) is 17.5. The molecule has 0 bridgehead atoms. The fourth-order valence-corrected chi connectivity index (χ4v) is 1.98. The van der Waals surface area contributed by atoms with Crippen molar-refractivity contribution in [3.05, 3.63) is 11.8 Å². The van der Waals surface area contributed by atoms with Gasteiger partial charge >= 0.3 is 6.18 Å². The van der Waals surface area contributed by atoms with E-state index in [4.69, 9.17) is 4.74 Å². The number of aryl methyl sites for hydroxylation is 1. The van der Waals surface area contributed by atoms with E-state index in [-0.39, 0.29) is 17.6 Å². The number of alkyl halides is 3. The van der Waals surface area contributed by atoms with Crippen LogP contribution in [0, 0.1) is 5.92 Å². The highest BCUT2D eigenvalue weighted by molar-refractivity contribution is 5.91. The lowest BCUT2D eigenvalue weighted by atomic mass is 9.99. The molecule has 1 aromatic heterocycles.